The molecule has 0 aliphatic rings. The van der Waals surface area contributed by atoms with Gasteiger partial charge in [0.05, 0.1) is 12.6 Å². The maximum absolute atomic E-state index is 11.5. The Bertz CT molecular complexity index is 624. The van der Waals surface area contributed by atoms with E-state index in [2.05, 4.69) is 0 Å². The maximum Gasteiger partial charge on any atom is 0.226 e. The number of hydrogen-bond donors (Lipinski definition) is 2. The molecule has 2 N–H and O–H groups in total. The number of hydrogen-bond acceptors (Lipinski definition) is 5. The molecule has 0 bridgehead atoms. The zero-order valence-corrected chi connectivity index (χ0v) is 11.9. The number of aliphatic hydroxyl groups is 1. The minimum Gasteiger partial charge on any atom is -0.502 e. The first-order chi connectivity index (χ1) is 10.1. The third kappa shape index (κ3) is 4.10. The SMILES string of the molecule is CCC(O)CN(Cc1cc(=O)c(O)co1)c1ccccc1. The Labute approximate surface area is 123 Å². The number of benzene rings is 1. The Morgan fingerprint density at radius 3 is 2.62 bits per heavy atom. The van der Waals surface area contributed by atoms with E-state index in [9.17, 15) is 15.0 Å². The summed E-state index contributed by atoms with van der Waals surface area (Å²) in [7, 11) is 0. The van der Waals surface area contributed by atoms with Gasteiger partial charge >= 0.3 is 0 Å². The summed E-state index contributed by atoms with van der Waals surface area (Å²) in [4.78, 5) is 13.4. The lowest BCUT2D eigenvalue weighted by Crippen LogP contribution is -2.32. The van der Waals surface area contributed by atoms with Crippen molar-refractivity contribution in [2.45, 2.75) is 26.0 Å². The van der Waals surface area contributed by atoms with Crippen molar-refractivity contribution in [3.63, 3.8) is 0 Å². The number of rotatable bonds is 6. The molecule has 1 unspecified atom stereocenters. The van der Waals surface area contributed by atoms with Crippen LogP contribution in [0.5, 0.6) is 5.75 Å². The van der Waals surface area contributed by atoms with Crippen molar-refractivity contribution in [2.75, 3.05) is 11.4 Å². The molecule has 21 heavy (non-hydrogen) atoms. The fraction of sp³-hybridized carbons (Fsp3) is 0.312. The molecule has 1 atom stereocenters. The van der Waals surface area contributed by atoms with Crippen LogP contribution in [0.4, 0.5) is 5.69 Å². The van der Waals surface area contributed by atoms with E-state index in [0.717, 1.165) is 12.0 Å². The van der Waals surface area contributed by atoms with Gasteiger partial charge in [0.2, 0.25) is 5.43 Å². The molecule has 0 amide bonds. The molecule has 5 nitrogen and oxygen atoms in total. The van der Waals surface area contributed by atoms with Gasteiger partial charge in [0.25, 0.3) is 0 Å². The van der Waals surface area contributed by atoms with Crippen LogP contribution in [0.2, 0.25) is 0 Å². The van der Waals surface area contributed by atoms with Gasteiger partial charge in [0.1, 0.15) is 12.0 Å². The van der Waals surface area contributed by atoms with Crippen molar-refractivity contribution in [2.24, 2.45) is 0 Å². The van der Waals surface area contributed by atoms with Crippen molar-refractivity contribution in [3.8, 4) is 5.75 Å². The van der Waals surface area contributed by atoms with Crippen molar-refractivity contribution in [1.82, 2.24) is 0 Å². The van der Waals surface area contributed by atoms with Crippen LogP contribution in [0.25, 0.3) is 0 Å². The third-order valence-corrected chi connectivity index (χ3v) is 3.24. The van der Waals surface area contributed by atoms with E-state index in [1.807, 2.05) is 42.2 Å². The summed E-state index contributed by atoms with van der Waals surface area (Å²) >= 11 is 0. The van der Waals surface area contributed by atoms with Crippen LogP contribution in [0, 0.1) is 0 Å². The highest BCUT2D eigenvalue weighted by Crippen LogP contribution is 2.18. The lowest BCUT2D eigenvalue weighted by Gasteiger charge is -2.26. The summed E-state index contributed by atoms with van der Waals surface area (Å²) in [6.07, 6.45) is 1.22. The monoisotopic (exact) mass is 289 g/mol. The number of para-hydroxylation sites is 1. The molecule has 5 heteroatoms. The van der Waals surface area contributed by atoms with Crippen LogP contribution in [0.15, 0.2) is 51.9 Å². The van der Waals surface area contributed by atoms with E-state index in [4.69, 9.17) is 4.42 Å². The highest BCUT2D eigenvalue weighted by molar-refractivity contribution is 5.46. The standard InChI is InChI=1S/C16H19NO4/c1-2-13(18)9-17(12-6-4-3-5-7-12)10-14-8-15(19)16(20)11-21-14/h3-8,11,13,18,20H,2,9-10H2,1H3. The van der Waals surface area contributed by atoms with Gasteiger partial charge in [-0.15, -0.1) is 0 Å². The molecule has 0 spiro atoms. The summed E-state index contributed by atoms with van der Waals surface area (Å²) in [5.41, 5.74) is 0.459. The van der Waals surface area contributed by atoms with Gasteiger partial charge in [-0.2, -0.15) is 0 Å². The first kappa shape index (κ1) is 15.1. The second-order valence-corrected chi connectivity index (χ2v) is 4.87. The van der Waals surface area contributed by atoms with Gasteiger partial charge in [-0.3, -0.25) is 4.79 Å². The van der Waals surface area contributed by atoms with E-state index in [-0.39, 0.29) is 0 Å². The van der Waals surface area contributed by atoms with Crippen LogP contribution < -0.4 is 10.3 Å². The molecule has 1 heterocycles. The number of aromatic hydroxyl groups is 1. The molecule has 0 radical (unpaired) electrons. The quantitative estimate of drug-likeness (QED) is 0.852. The van der Waals surface area contributed by atoms with E-state index in [0.29, 0.717) is 25.3 Å². The second kappa shape index (κ2) is 6.95. The molecule has 1 aromatic heterocycles. The first-order valence-electron chi connectivity index (χ1n) is 6.89. The molecule has 0 fully saturated rings. The average molecular weight is 289 g/mol. The summed E-state index contributed by atoms with van der Waals surface area (Å²) in [6, 6.07) is 10.9. The normalized spacial score (nSPS) is 12.1. The van der Waals surface area contributed by atoms with Crippen molar-refractivity contribution in [1.29, 1.82) is 0 Å². The van der Waals surface area contributed by atoms with Gasteiger partial charge in [0.15, 0.2) is 5.75 Å². The van der Waals surface area contributed by atoms with Crippen LogP contribution in [-0.2, 0) is 6.54 Å². The Morgan fingerprint density at radius 2 is 2.00 bits per heavy atom. The molecule has 0 aliphatic heterocycles. The molecule has 0 saturated carbocycles. The highest BCUT2D eigenvalue weighted by atomic mass is 16.4. The number of anilines is 1. The van der Waals surface area contributed by atoms with Gasteiger partial charge in [-0.1, -0.05) is 25.1 Å². The smallest absolute Gasteiger partial charge is 0.226 e. The molecule has 2 rings (SSSR count). The molecule has 1 aromatic carbocycles. The van der Waals surface area contributed by atoms with Crippen molar-refractivity contribution in [3.05, 3.63) is 58.6 Å². The third-order valence-electron chi connectivity index (χ3n) is 3.24. The predicted octanol–water partition coefficient (Wildman–Crippen LogP) is 2.12. The maximum atomic E-state index is 11.5. The van der Waals surface area contributed by atoms with Crippen molar-refractivity contribution >= 4 is 5.69 Å². The topological polar surface area (TPSA) is 73.9 Å². The van der Waals surface area contributed by atoms with E-state index in [1.165, 1.54) is 6.07 Å². The minimum atomic E-state index is -0.472. The summed E-state index contributed by atoms with van der Waals surface area (Å²) < 4.78 is 5.23. The van der Waals surface area contributed by atoms with E-state index in [1.54, 1.807) is 0 Å². The van der Waals surface area contributed by atoms with Crippen molar-refractivity contribution < 1.29 is 14.6 Å². The summed E-state index contributed by atoms with van der Waals surface area (Å²) in [5.74, 6) is 0.0311. The second-order valence-electron chi connectivity index (χ2n) is 4.87. The molecule has 2 aromatic rings. The van der Waals surface area contributed by atoms with E-state index < -0.39 is 17.3 Å². The Morgan fingerprint density at radius 1 is 1.29 bits per heavy atom. The zero-order chi connectivity index (χ0) is 15.2. The number of nitrogens with zero attached hydrogens (tertiary/aromatic N) is 1. The van der Waals surface area contributed by atoms with Gasteiger partial charge in [0, 0.05) is 18.3 Å². The van der Waals surface area contributed by atoms with Gasteiger partial charge in [-0.25, -0.2) is 0 Å². The Hall–Kier alpha value is -2.27. The fourth-order valence-corrected chi connectivity index (χ4v) is 2.00. The molecule has 0 aliphatic carbocycles. The van der Waals surface area contributed by atoms with Gasteiger partial charge in [-0.05, 0) is 18.6 Å². The minimum absolute atomic E-state index is 0.344. The zero-order valence-electron chi connectivity index (χ0n) is 11.9. The Balaban J connectivity index is 2.23. The van der Waals surface area contributed by atoms with Crippen LogP contribution >= 0.6 is 0 Å². The van der Waals surface area contributed by atoms with Crippen LogP contribution in [0.3, 0.4) is 0 Å². The Kier molecular flexibility index (Phi) is 5.00. The number of aliphatic hydroxyl groups excluding tert-OH is 1. The van der Waals surface area contributed by atoms with Gasteiger partial charge < -0.3 is 19.5 Å². The largest absolute Gasteiger partial charge is 0.502 e. The predicted molar refractivity (Wildman–Crippen MR) is 80.4 cm³/mol. The molecular formula is C16H19NO4. The molecule has 0 saturated heterocycles. The average Bonchev–Trinajstić information content (AvgIpc) is 2.51. The first-order valence-corrected chi connectivity index (χ1v) is 6.89. The summed E-state index contributed by atoms with van der Waals surface area (Å²) in [6.45, 7) is 2.69. The lowest BCUT2D eigenvalue weighted by molar-refractivity contribution is 0.174. The molecular weight excluding hydrogens is 270 g/mol. The van der Waals surface area contributed by atoms with Crippen LogP contribution in [0.1, 0.15) is 19.1 Å². The fourth-order valence-electron chi connectivity index (χ4n) is 2.00. The highest BCUT2D eigenvalue weighted by Gasteiger charge is 2.13. The van der Waals surface area contributed by atoms with E-state index >= 15 is 0 Å². The lowest BCUT2D eigenvalue weighted by atomic mass is 10.2. The molecule has 112 valence electrons. The van der Waals surface area contributed by atoms with Crippen LogP contribution in [-0.4, -0.2) is 22.9 Å². The summed E-state index contributed by atoms with van der Waals surface area (Å²) in [5, 5.41) is 19.1.